The Morgan fingerprint density at radius 1 is 1.08 bits per heavy atom. The van der Waals surface area contributed by atoms with Gasteiger partial charge in [0.05, 0.1) is 22.9 Å². The Labute approximate surface area is 245 Å². The number of carbonyl (C=O) groups excluding carboxylic acids is 3. The number of phenols is 1. The minimum absolute atomic E-state index is 0.0771. The second-order valence-electron chi connectivity index (χ2n) is 10.5. The Bertz CT molecular complexity index is 967. The lowest BCUT2D eigenvalue weighted by atomic mass is 9.86. The predicted octanol–water partition coefficient (Wildman–Crippen LogP) is 4.60. The number of amides is 1. The molecular formula is C30H44INO7. The number of rotatable bonds is 17. The molecule has 0 aromatic heterocycles. The fraction of sp³-hybridized carbons (Fsp3) is 0.633. The van der Waals surface area contributed by atoms with Crippen molar-refractivity contribution < 1.29 is 34.4 Å². The summed E-state index contributed by atoms with van der Waals surface area (Å²) in [6.07, 6.45) is 10.2. The van der Waals surface area contributed by atoms with Gasteiger partial charge in [0.15, 0.2) is 0 Å². The molecule has 5 atom stereocenters. The molecule has 1 aromatic carbocycles. The standard InChI is InChI=1S/C30H44INO7/c1-3-4-7-10-21(33)14-15-23-22(27(35)19-28(23)36)11-8-5-6-9-12-29(37)32-25(30(38)39-2)18-20-13-16-26(34)24(31)17-20/h5,8,13,16-17,22-23,25,27-28,34-36H,3-4,6-7,9-12,14-15,18-19H2,1-2H3,(H,32,37)/b8-5-/t22-,23-,25?,27+,28-/m1/s1/i31-2. The number of aliphatic hydroxyl groups is 2. The summed E-state index contributed by atoms with van der Waals surface area (Å²) in [5.41, 5.74) is 0.800. The molecule has 0 aliphatic heterocycles. The average Bonchev–Trinajstić information content (AvgIpc) is 3.17. The van der Waals surface area contributed by atoms with Gasteiger partial charge in [0, 0.05) is 25.7 Å². The van der Waals surface area contributed by atoms with Crippen molar-refractivity contribution in [1.29, 1.82) is 0 Å². The molecule has 39 heavy (non-hydrogen) atoms. The molecule has 1 aromatic rings. The van der Waals surface area contributed by atoms with Crippen molar-refractivity contribution in [3.8, 4) is 5.75 Å². The van der Waals surface area contributed by atoms with Crippen molar-refractivity contribution in [3.63, 3.8) is 0 Å². The third-order valence-corrected chi connectivity index (χ3v) is 8.32. The molecule has 9 heteroatoms. The zero-order chi connectivity index (χ0) is 28.8. The van der Waals surface area contributed by atoms with Gasteiger partial charge >= 0.3 is 5.97 Å². The van der Waals surface area contributed by atoms with Crippen LogP contribution in [0.15, 0.2) is 30.4 Å². The number of ketones is 1. The van der Waals surface area contributed by atoms with E-state index in [0.717, 1.165) is 24.8 Å². The SMILES string of the molecule is CCCCCC(=O)CC[C@@H]1[C@@H](C/C=C\CCCC(=O)NC(Cc2ccc(O)c([125I])c2)C(=O)OC)[C@@H](O)C[C@H]1O. The van der Waals surface area contributed by atoms with Gasteiger partial charge in [0.25, 0.3) is 0 Å². The van der Waals surface area contributed by atoms with Crippen LogP contribution in [-0.2, 0) is 25.5 Å². The first-order chi connectivity index (χ1) is 18.7. The zero-order valence-corrected chi connectivity index (χ0v) is 25.3. The van der Waals surface area contributed by atoms with E-state index in [-0.39, 0.29) is 42.1 Å². The molecule has 0 spiro atoms. The summed E-state index contributed by atoms with van der Waals surface area (Å²) in [5.74, 6) is -0.541. The van der Waals surface area contributed by atoms with Crippen molar-refractivity contribution in [2.24, 2.45) is 11.8 Å². The summed E-state index contributed by atoms with van der Waals surface area (Å²) < 4.78 is 5.51. The number of phenolic OH excluding ortho intramolecular Hbond substituents is 1. The molecule has 2 rings (SSSR count). The summed E-state index contributed by atoms with van der Waals surface area (Å²) >= 11 is 2.01. The molecule has 0 heterocycles. The number of ether oxygens (including phenoxy) is 1. The largest absolute Gasteiger partial charge is 0.507 e. The van der Waals surface area contributed by atoms with Crippen LogP contribution in [0.1, 0.15) is 83.1 Å². The molecule has 218 valence electrons. The van der Waals surface area contributed by atoms with Crippen LogP contribution in [0.5, 0.6) is 5.75 Å². The van der Waals surface area contributed by atoms with Gasteiger partial charge in [-0.3, -0.25) is 9.59 Å². The first-order valence-electron chi connectivity index (χ1n) is 14.0. The van der Waals surface area contributed by atoms with Gasteiger partial charge in [-0.25, -0.2) is 4.79 Å². The second kappa shape index (κ2) is 17.7. The maximum absolute atomic E-state index is 12.5. The van der Waals surface area contributed by atoms with Crippen LogP contribution in [0.4, 0.5) is 0 Å². The lowest BCUT2D eigenvalue weighted by molar-refractivity contribution is -0.145. The van der Waals surface area contributed by atoms with Gasteiger partial charge < -0.3 is 25.4 Å². The normalized spacial score (nSPS) is 21.7. The van der Waals surface area contributed by atoms with Crippen molar-refractivity contribution in [3.05, 3.63) is 39.5 Å². The Hall–Kier alpha value is -1.98. The van der Waals surface area contributed by atoms with E-state index >= 15 is 0 Å². The fourth-order valence-electron chi connectivity index (χ4n) is 5.20. The third-order valence-electron chi connectivity index (χ3n) is 7.46. The highest BCUT2D eigenvalue weighted by Gasteiger charge is 2.40. The van der Waals surface area contributed by atoms with Crippen LogP contribution in [0.25, 0.3) is 0 Å². The van der Waals surface area contributed by atoms with E-state index in [2.05, 4.69) is 12.2 Å². The zero-order valence-electron chi connectivity index (χ0n) is 23.1. The number of hydrogen-bond acceptors (Lipinski definition) is 7. The van der Waals surface area contributed by atoms with Crippen molar-refractivity contribution >= 4 is 40.3 Å². The number of carbonyl (C=O) groups is 3. The van der Waals surface area contributed by atoms with E-state index in [1.165, 1.54) is 7.11 Å². The monoisotopic (exact) mass is 655 g/mol. The molecule has 8 nitrogen and oxygen atoms in total. The number of benzene rings is 1. The van der Waals surface area contributed by atoms with E-state index < -0.39 is 24.2 Å². The Morgan fingerprint density at radius 2 is 1.82 bits per heavy atom. The summed E-state index contributed by atoms with van der Waals surface area (Å²) in [6, 6.07) is 4.21. The van der Waals surface area contributed by atoms with Gasteiger partial charge in [0.1, 0.15) is 17.6 Å². The number of halogens is 1. The number of Topliss-reactive ketones (excluding diaryl/α,β-unsaturated/α-hetero) is 1. The van der Waals surface area contributed by atoms with Crippen LogP contribution >= 0.6 is 22.6 Å². The van der Waals surface area contributed by atoms with E-state index in [1.54, 1.807) is 18.2 Å². The topological polar surface area (TPSA) is 133 Å². The van der Waals surface area contributed by atoms with Crippen molar-refractivity contribution in [2.45, 2.75) is 102 Å². The lowest BCUT2D eigenvalue weighted by Crippen LogP contribution is -2.43. The first-order valence-corrected chi connectivity index (χ1v) is 15.1. The molecular weight excluding hydrogens is 611 g/mol. The molecule has 0 bridgehead atoms. The van der Waals surface area contributed by atoms with Crippen LogP contribution in [0, 0.1) is 15.4 Å². The smallest absolute Gasteiger partial charge is 0.328 e. The summed E-state index contributed by atoms with van der Waals surface area (Å²) in [7, 11) is 1.28. The van der Waals surface area contributed by atoms with Gasteiger partial charge in [-0.1, -0.05) is 38.0 Å². The Balaban J connectivity index is 1.76. The quantitative estimate of drug-likeness (QED) is 0.0835. The van der Waals surface area contributed by atoms with E-state index in [0.29, 0.717) is 48.5 Å². The summed E-state index contributed by atoms with van der Waals surface area (Å²) in [5, 5.41) is 33.3. The highest BCUT2D eigenvalue weighted by Crippen LogP contribution is 2.38. The number of aromatic hydroxyl groups is 1. The Kier molecular flexibility index (Phi) is 15.0. The number of unbranched alkanes of at least 4 members (excludes halogenated alkanes) is 3. The van der Waals surface area contributed by atoms with E-state index in [4.69, 9.17) is 4.74 Å². The number of aliphatic hydroxyl groups excluding tert-OH is 2. The molecule has 1 fully saturated rings. The Morgan fingerprint density at radius 3 is 2.51 bits per heavy atom. The average molecular weight is 656 g/mol. The summed E-state index contributed by atoms with van der Waals surface area (Å²) in [4.78, 5) is 36.9. The number of allylic oxidation sites excluding steroid dienone is 2. The highest BCUT2D eigenvalue weighted by atomic mass is 125. The van der Waals surface area contributed by atoms with Crippen LogP contribution in [0.3, 0.4) is 0 Å². The molecule has 4 N–H and O–H groups in total. The lowest BCUT2D eigenvalue weighted by Gasteiger charge is -2.22. The van der Waals surface area contributed by atoms with Crippen molar-refractivity contribution in [1.82, 2.24) is 5.32 Å². The third kappa shape index (κ3) is 11.6. The fourth-order valence-corrected chi connectivity index (χ4v) is 5.78. The highest BCUT2D eigenvalue weighted by molar-refractivity contribution is 14.1. The number of esters is 1. The minimum atomic E-state index is -0.816. The molecule has 0 saturated heterocycles. The number of hydrogen-bond donors (Lipinski definition) is 4. The van der Waals surface area contributed by atoms with Crippen LogP contribution in [0.2, 0.25) is 0 Å². The number of methoxy groups -OCH3 is 1. The second-order valence-corrected chi connectivity index (χ2v) is 11.6. The van der Waals surface area contributed by atoms with E-state index in [9.17, 15) is 29.7 Å². The number of nitrogens with one attached hydrogen (secondary N) is 1. The molecule has 1 amide bonds. The minimum Gasteiger partial charge on any atom is -0.507 e. The maximum atomic E-state index is 12.5. The van der Waals surface area contributed by atoms with Crippen LogP contribution < -0.4 is 5.32 Å². The summed E-state index contributed by atoms with van der Waals surface area (Å²) in [6.45, 7) is 2.11. The predicted molar refractivity (Wildman–Crippen MR) is 158 cm³/mol. The molecule has 1 aliphatic rings. The van der Waals surface area contributed by atoms with Gasteiger partial charge in [-0.2, -0.15) is 0 Å². The van der Waals surface area contributed by atoms with Gasteiger partial charge in [-0.05, 0) is 90.6 Å². The van der Waals surface area contributed by atoms with Gasteiger partial charge in [0.2, 0.25) is 5.91 Å². The first kappa shape index (κ1) is 33.2. The van der Waals surface area contributed by atoms with E-state index in [1.807, 2.05) is 34.7 Å². The molecule has 1 aliphatic carbocycles. The van der Waals surface area contributed by atoms with Crippen LogP contribution in [-0.4, -0.2) is 58.3 Å². The van der Waals surface area contributed by atoms with Gasteiger partial charge in [-0.15, -0.1) is 0 Å². The molecule has 0 radical (unpaired) electrons. The maximum Gasteiger partial charge on any atom is 0.328 e. The van der Waals surface area contributed by atoms with Crippen molar-refractivity contribution in [2.75, 3.05) is 7.11 Å². The molecule has 1 saturated carbocycles. The molecule has 1 unspecified atom stereocenters.